The van der Waals surface area contributed by atoms with Gasteiger partial charge >= 0.3 is 0 Å². The maximum absolute atomic E-state index is 4.68. The Morgan fingerprint density at radius 1 is 1.07 bits per heavy atom. The molecule has 0 spiro atoms. The molecule has 0 saturated heterocycles. The van der Waals surface area contributed by atoms with Crippen molar-refractivity contribution < 1.29 is 4.43 Å². The molecule has 0 bridgehead atoms. The molecule has 0 aliphatic rings. The molecule has 94 valence electrons. The Labute approximate surface area is 120 Å². The fourth-order valence-corrected chi connectivity index (χ4v) is 4.98. The van der Waals surface area contributed by atoms with E-state index in [2.05, 4.69) is 29.7 Å². The van der Waals surface area contributed by atoms with Crippen molar-refractivity contribution in [2.75, 3.05) is 29.6 Å². The lowest BCUT2D eigenvalue weighted by atomic mass is 10.6. The molecule has 0 rings (SSSR count). The Morgan fingerprint density at radius 2 is 1.47 bits per heavy atom. The lowest BCUT2D eigenvalue weighted by Gasteiger charge is -1.97. The van der Waals surface area contributed by atoms with Crippen molar-refractivity contribution >= 4 is 67.2 Å². The van der Waals surface area contributed by atoms with Crippen LogP contribution in [0, 0.1) is 0 Å². The highest BCUT2D eigenvalue weighted by Gasteiger charge is 1.90. The van der Waals surface area contributed by atoms with Crippen molar-refractivity contribution in [2.24, 2.45) is 0 Å². The molecule has 0 aliphatic carbocycles. The molecule has 1 nitrogen and oxygen atoms in total. The first kappa shape index (κ1) is 19.3. The summed E-state index contributed by atoms with van der Waals surface area (Å²) in [6, 6.07) is 0. The van der Waals surface area contributed by atoms with Gasteiger partial charge in [0.1, 0.15) is 10.5 Å². The van der Waals surface area contributed by atoms with Gasteiger partial charge in [0.25, 0.3) is 0 Å². The second-order valence-corrected chi connectivity index (χ2v) is 8.39. The van der Waals surface area contributed by atoms with Crippen molar-refractivity contribution in [1.82, 2.24) is 0 Å². The number of hydrogen-bond acceptors (Lipinski definition) is 6. The van der Waals surface area contributed by atoms with E-state index in [1.807, 2.05) is 38.3 Å². The summed E-state index contributed by atoms with van der Waals surface area (Å²) in [5.74, 6) is 4.47. The lowest BCUT2D eigenvalue weighted by molar-refractivity contribution is 0.375. The van der Waals surface area contributed by atoms with Crippen LogP contribution in [0.3, 0.4) is 0 Å². The zero-order valence-electron chi connectivity index (χ0n) is 9.48. The van der Waals surface area contributed by atoms with Crippen LogP contribution in [0.5, 0.6) is 0 Å². The Kier molecular flexibility index (Phi) is 27.3. The normalized spacial score (nSPS) is 9.80. The minimum atomic E-state index is 0.881. The standard InChI is InChI=1S/C6H14S5.C2H8OSi/c7-3-1-5-9-11-10-6-2-4-8;1-2-3-4/h7-8H,1-6H2;2H2,1,4H3. The van der Waals surface area contributed by atoms with Gasteiger partial charge in [0.2, 0.25) is 0 Å². The van der Waals surface area contributed by atoms with E-state index >= 15 is 0 Å². The van der Waals surface area contributed by atoms with Gasteiger partial charge in [-0.2, -0.15) is 25.3 Å². The largest absolute Gasteiger partial charge is 0.428 e. The molecule has 0 amide bonds. The molecular formula is C8H22OS5Si. The Balaban J connectivity index is 0. The fraction of sp³-hybridized carbons (Fsp3) is 1.00. The van der Waals surface area contributed by atoms with Crippen LogP contribution < -0.4 is 0 Å². The van der Waals surface area contributed by atoms with E-state index in [4.69, 9.17) is 0 Å². The van der Waals surface area contributed by atoms with E-state index in [-0.39, 0.29) is 0 Å². The maximum Gasteiger partial charge on any atom is 0.145 e. The van der Waals surface area contributed by atoms with Crippen molar-refractivity contribution in [3.05, 3.63) is 0 Å². The highest BCUT2D eigenvalue weighted by molar-refractivity contribution is 9.09. The van der Waals surface area contributed by atoms with Crippen LogP contribution in [-0.4, -0.2) is 40.1 Å². The van der Waals surface area contributed by atoms with Gasteiger partial charge in [-0.05, 0) is 41.1 Å². The average Bonchev–Trinajstić information content (AvgIpc) is 2.28. The topological polar surface area (TPSA) is 9.23 Å². The zero-order valence-corrected chi connectivity index (χ0v) is 15.7. The first-order chi connectivity index (χ1) is 7.33. The third-order valence-electron chi connectivity index (χ3n) is 1.16. The quantitative estimate of drug-likeness (QED) is 0.292. The Bertz CT molecular complexity index is 89.1. The fourth-order valence-electron chi connectivity index (χ4n) is 0.349. The minimum absolute atomic E-state index is 0.881. The molecule has 0 saturated carbocycles. The molecule has 0 atom stereocenters. The molecule has 0 fully saturated rings. The van der Waals surface area contributed by atoms with Crippen molar-refractivity contribution in [2.45, 2.75) is 19.8 Å². The highest BCUT2D eigenvalue weighted by atomic mass is 33.5. The summed E-state index contributed by atoms with van der Waals surface area (Å²) < 4.78 is 4.68. The molecule has 15 heavy (non-hydrogen) atoms. The monoisotopic (exact) mass is 322 g/mol. The van der Waals surface area contributed by atoms with E-state index in [1.165, 1.54) is 24.3 Å². The zero-order chi connectivity index (χ0) is 11.8. The highest BCUT2D eigenvalue weighted by Crippen LogP contribution is 2.35. The van der Waals surface area contributed by atoms with Gasteiger partial charge in [-0.1, -0.05) is 21.6 Å². The second-order valence-electron chi connectivity index (χ2n) is 2.44. The van der Waals surface area contributed by atoms with Gasteiger partial charge in [-0.3, -0.25) is 0 Å². The molecule has 0 aliphatic heterocycles. The molecule has 0 aromatic carbocycles. The number of thiol groups is 2. The van der Waals surface area contributed by atoms with Gasteiger partial charge < -0.3 is 4.43 Å². The van der Waals surface area contributed by atoms with Crippen LogP contribution in [0.1, 0.15) is 19.8 Å². The number of hydrogen-bond donors (Lipinski definition) is 2. The predicted octanol–water partition coefficient (Wildman–Crippen LogP) is 2.96. The van der Waals surface area contributed by atoms with Crippen LogP contribution in [-0.2, 0) is 4.43 Å². The minimum Gasteiger partial charge on any atom is -0.428 e. The molecule has 0 radical (unpaired) electrons. The van der Waals surface area contributed by atoms with Crippen LogP contribution in [0.25, 0.3) is 0 Å². The van der Waals surface area contributed by atoms with Crippen LogP contribution in [0.15, 0.2) is 0 Å². The molecule has 0 heterocycles. The van der Waals surface area contributed by atoms with E-state index in [0.29, 0.717) is 0 Å². The van der Waals surface area contributed by atoms with E-state index in [1.54, 1.807) is 0 Å². The van der Waals surface area contributed by atoms with Crippen molar-refractivity contribution in [3.8, 4) is 0 Å². The summed E-state index contributed by atoms with van der Waals surface area (Å²) in [6.07, 6.45) is 2.43. The van der Waals surface area contributed by atoms with Crippen molar-refractivity contribution in [3.63, 3.8) is 0 Å². The summed E-state index contributed by atoms with van der Waals surface area (Å²) in [6.45, 7) is 2.87. The van der Waals surface area contributed by atoms with E-state index < -0.39 is 0 Å². The molecule has 0 N–H and O–H groups in total. The molecule has 0 aromatic heterocycles. The summed E-state index contributed by atoms with van der Waals surface area (Å²) in [5, 5.41) is 0. The number of rotatable bonds is 9. The van der Waals surface area contributed by atoms with E-state index in [9.17, 15) is 0 Å². The third kappa shape index (κ3) is 25.9. The van der Waals surface area contributed by atoms with Gasteiger partial charge in [0.05, 0.1) is 0 Å². The average molecular weight is 323 g/mol. The first-order valence-corrected chi connectivity index (χ1v) is 10.8. The van der Waals surface area contributed by atoms with Crippen LogP contribution in [0.2, 0.25) is 0 Å². The lowest BCUT2D eigenvalue weighted by Crippen LogP contribution is -1.77. The first-order valence-electron chi connectivity index (χ1n) is 4.95. The Morgan fingerprint density at radius 3 is 1.73 bits per heavy atom. The third-order valence-corrected chi connectivity index (χ3v) is 6.78. The van der Waals surface area contributed by atoms with Gasteiger partial charge in [0, 0.05) is 18.1 Å². The van der Waals surface area contributed by atoms with Gasteiger partial charge in [0.15, 0.2) is 0 Å². The second kappa shape index (κ2) is 21.2. The molecule has 0 unspecified atom stereocenters. The van der Waals surface area contributed by atoms with Crippen LogP contribution in [0.4, 0.5) is 0 Å². The summed E-state index contributed by atoms with van der Waals surface area (Å²) in [7, 11) is 6.66. The molecular weight excluding hydrogens is 301 g/mol. The van der Waals surface area contributed by atoms with E-state index in [0.717, 1.165) is 28.6 Å². The molecule has 7 heteroatoms. The van der Waals surface area contributed by atoms with Crippen LogP contribution >= 0.6 is 56.7 Å². The predicted molar refractivity (Wildman–Crippen MR) is 91.0 cm³/mol. The summed E-state index contributed by atoms with van der Waals surface area (Å²) in [5.41, 5.74) is 0. The summed E-state index contributed by atoms with van der Waals surface area (Å²) >= 11 is 8.28. The van der Waals surface area contributed by atoms with Crippen molar-refractivity contribution in [1.29, 1.82) is 0 Å². The smallest absolute Gasteiger partial charge is 0.145 e. The van der Waals surface area contributed by atoms with Gasteiger partial charge in [-0.15, -0.1) is 0 Å². The van der Waals surface area contributed by atoms with Gasteiger partial charge in [-0.25, -0.2) is 0 Å². The maximum atomic E-state index is 4.68. The SMILES string of the molecule is CCO[SiH3].SCCCSSSCCCS. The summed E-state index contributed by atoms with van der Waals surface area (Å²) in [4.78, 5) is 0. The molecule has 0 aromatic rings. The Hall–Kier alpha value is 1.93.